The number of rotatable bonds is 3. The Hall–Kier alpha value is -2.06. The Morgan fingerprint density at radius 2 is 2.16 bits per heavy atom. The Kier molecular flexibility index (Phi) is 5.29. The van der Waals surface area contributed by atoms with Crippen molar-refractivity contribution >= 4 is 28.6 Å². The molecule has 1 fully saturated rings. The average molecular weight is 353 g/mol. The molecule has 0 spiro atoms. The van der Waals surface area contributed by atoms with Gasteiger partial charge in [0.2, 0.25) is 5.91 Å². The largest absolute Gasteiger partial charge is 0.342 e. The third-order valence-corrected chi connectivity index (χ3v) is 5.81. The lowest BCUT2D eigenvalue weighted by molar-refractivity contribution is -0.130. The summed E-state index contributed by atoms with van der Waals surface area (Å²) in [6, 6.07) is 8.24. The first-order chi connectivity index (χ1) is 12.0. The molecule has 2 aromatic rings. The van der Waals surface area contributed by atoms with E-state index >= 15 is 0 Å². The number of amides is 1. The van der Waals surface area contributed by atoms with Crippen LogP contribution in [0.4, 0.5) is 0 Å². The molecule has 0 bridgehead atoms. The van der Waals surface area contributed by atoms with Crippen LogP contribution >= 0.6 is 11.8 Å². The summed E-state index contributed by atoms with van der Waals surface area (Å²) in [4.78, 5) is 19.2. The highest BCUT2D eigenvalue weighted by Crippen LogP contribution is 2.28. The van der Waals surface area contributed by atoms with Crippen LogP contribution in [-0.4, -0.2) is 34.6 Å². The summed E-state index contributed by atoms with van der Waals surface area (Å²) in [6.07, 6.45) is 2.27. The maximum absolute atomic E-state index is 12.5. The summed E-state index contributed by atoms with van der Waals surface area (Å²) >= 11 is 1.38. The summed E-state index contributed by atoms with van der Waals surface area (Å²) in [6.45, 7) is 7.93. The molecule has 1 saturated heterocycles. The van der Waals surface area contributed by atoms with Crippen LogP contribution in [0.1, 0.15) is 36.5 Å². The molecule has 3 rings (SSSR count). The van der Waals surface area contributed by atoms with Crippen LogP contribution in [0.15, 0.2) is 23.2 Å². The maximum Gasteiger partial charge on any atom is 0.232 e. The van der Waals surface area contributed by atoms with Crippen molar-refractivity contribution in [1.82, 2.24) is 9.88 Å². The summed E-state index contributed by atoms with van der Waals surface area (Å²) in [5, 5.41) is 11.2. The number of hydrogen-bond donors (Lipinski definition) is 0. The molecule has 0 aliphatic carbocycles. The Bertz CT molecular complexity index is 856. The predicted octanol–water partition coefficient (Wildman–Crippen LogP) is 4.07. The molecular weight excluding hydrogens is 330 g/mol. The maximum atomic E-state index is 12.5. The van der Waals surface area contributed by atoms with Crippen LogP contribution in [-0.2, 0) is 4.79 Å². The number of aromatic nitrogens is 1. The van der Waals surface area contributed by atoms with Gasteiger partial charge in [-0.3, -0.25) is 4.79 Å². The van der Waals surface area contributed by atoms with Gasteiger partial charge in [-0.05, 0) is 49.8 Å². The van der Waals surface area contributed by atoms with Crippen LogP contribution in [0.25, 0.3) is 10.9 Å². The van der Waals surface area contributed by atoms with E-state index in [1.807, 2.05) is 36.9 Å². The van der Waals surface area contributed by atoms with Gasteiger partial charge in [0, 0.05) is 18.5 Å². The first-order valence-electron chi connectivity index (χ1n) is 8.71. The minimum atomic E-state index is 0.142. The quantitative estimate of drug-likeness (QED) is 0.781. The fourth-order valence-electron chi connectivity index (χ4n) is 3.34. The zero-order valence-corrected chi connectivity index (χ0v) is 15.8. The van der Waals surface area contributed by atoms with E-state index < -0.39 is 0 Å². The van der Waals surface area contributed by atoms with Gasteiger partial charge in [-0.15, -0.1) is 0 Å². The van der Waals surface area contributed by atoms with E-state index in [0.717, 1.165) is 41.5 Å². The Morgan fingerprint density at radius 3 is 2.88 bits per heavy atom. The molecule has 0 N–H and O–H groups in total. The number of piperidine rings is 1. The van der Waals surface area contributed by atoms with Crippen LogP contribution in [0, 0.1) is 31.1 Å². The molecule has 0 radical (unpaired) electrons. The second kappa shape index (κ2) is 7.45. The Morgan fingerprint density at radius 1 is 1.40 bits per heavy atom. The molecule has 4 nitrogen and oxygen atoms in total. The minimum Gasteiger partial charge on any atom is -0.342 e. The number of aryl methyl sites for hydroxylation is 2. The fourth-order valence-corrected chi connectivity index (χ4v) is 4.20. The van der Waals surface area contributed by atoms with Crippen molar-refractivity contribution in [3.05, 3.63) is 34.9 Å². The standard InChI is InChI=1S/C20H23N3OS/c1-13-5-4-8-23(11-13)18(24)12-25-20-16(10-21)9-17-14(2)6-7-15(3)19(17)22-20/h6-7,9,13H,4-5,8,11-12H2,1-3H3/t13-/m1/s1. The van der Waals surface area contributed by atoms with E-state index in [1.165, 1.54) is 18.2 Å². The number of fused-ring (bicyclic) bond motifs is 1. The highest BCUT2D eigenvalue weighted by atomic mass is 32.2. The molecule has 1 aromatic heterocycles. The Labute approximate surface area is 153 Å². The topological polar surface area (TPSA) is 57.0 Å². The van der Waals surface area contributed by atoms with Gasteiger partial charge in [-0.2, -0.15) is 5.26 Å². The van der Waals surface area contributed by atoms with E-state index in [-0.39, 0.29) is 5.91 Å². The van der Waals surface area contributed by atoms with Crippen molar-refractivity contribution in [3.63, 3.8) is 0 Å². The molecular formula is C20H23N3OS. The van der Waals surface area contributed by atoms with Gasteiger partial charge < -0.3 is 4.90 Å². The van der Waals surface area contributed by atoms with Crippen LogP contribution in [0.3, 0.4) is 0 Å². The van der Waals surface area contributed by atoms with Gasteiger partial charge in [0.25, 0.3) is 0 Å². The first-order valence-corrected chi connectivity index (χ1v) is 9.69. The molecule has 25 heavy (non-hydrogen) atoms. The molecule has 1 amide bonds. The zero-order valence-electron chi connectivity index (χ0n) is 15.0. The Balaban J connectivity index is 1.82. The highest BCUT2D eigenvalue weighted by Gasteiger charge is 2.21. The number of nitrogens with zero attached hydrogens (tertiary/aromatic N) is 3. The number of hydrogen-bond acceptors (Lipinski definition) is 4. The summed E-state index contributed by atoms with van der Waals surface area (Å²) in [5.74, 6) is 1.05. The van der Waals surface area contributed by atoms with Gasteiger partial charge in [0.15, 0.2) is 0 Å². The second-order valence-electron chi connectivity index (χ2n) is 6.92. The molecule has 0 saturated carbocycles. The number of likely N-dealkylation sites (tertiary alicyclic amines) is 1. The molecule has 1 aliphatic rings. The smallest absolute Gasteiger partial charge is 0.232 e. The number of benzene rings is 1. The van der Waals surface area contributed by atoms with E-state index in [4.69, 9.17) is 4.98 Å². The fraction of sp³-hybridized carbons (Fsp3) is 0.450. The lowest BCUT2D eigenvalue weighted by atomic mass is 10.0. The van der Waals surface area contributed by atoms with Crippen molar-refractivity contribution in [2.45, 2.75) is 38.6 Å². The van der Waals surface area contributed by atoms with Crippen molar-refractivity contribution in [2.75, 3.05) is 18.8 Å². The van der Waals surface area contributed by atoms with Gasteiger partial charge >= 0.3 is 0 Å². The van der Waals surface area contributed by atoms with Crippen molar-refractivity contribution < 1.29 is 4.79 Å². The molecule has 5 heteroatoms. The number of thioether (sulfide) groups is 1. The van der Waals surface area contributed by atoms with E-state index in [1.54, 1.807) is 0 Å². The third-order valence-electron chi connectivity index (χ3n) is 4.83. The molecule has 0 unspecified atom stereocenters. The normalized spacial score (nSPS) is 17.5. The molecule has 1 aromatic carbocycles. The van der Waals surface area contributed by atoms with E-state index in [9.17, 15) is 10.1 Å². The van der Waals surface area contributed by atoms with Gasteiger partial charge in [0.1, 0.15) is 11.1 Å². The predicted molar refractivity (Wildman–Crippen MR) is 102 cm³/mol. The summed E-state index contributed by atoms with van der Waals surface area (Å²) in [7, 11) is 0. The van der Waals surface area contributed by atoms with Crippen LogP contribution in [0.2, 0.25) is 0 Å². The second-order valence-corrected chi connectivity index (χ2v) is 7.89. The molecule has 1 atom stereocenters. The third kappa shape index (κ3) is 3.80. The lowest BCUT2D eigenvalue weighted by Crippen LogP contribution is -2.40. The van der Waals surface area contributed by atoms with Crippen molar-refractivity contribution in [3.8, 4) is 6.07 Å². The summed E-state index contributed by atoms with van der Waals surface area (Å²) < 4.78 is 0. The minimum absolute atomic E-state index is 0.142. The number of pyridine rings is 1. The van der Waals surface area contributed by atoms with Gasteiger partial charge in [-0.1, -0.05) is 30.8 Å². The molecule has 2 heterocycles. The van der Waals surface area contributed by atoms with Crippen molar-refractivity contribution in [1.29, 1.82) is 5.26 Å². The monoisotopic (exact) mass is 353 g/mol. The van der Waals surface area contributed by atoms with Crippen LogP contribution < -0.4 is 0 Å². The van der Waals surface area contributed by atoms with Crippen LogP contribution in [0.5, 0.6) is 0 Å². The highest BCUT2D eigenvalue weighted by molar-refractivity contribution is 8.00. The molecule has 130 valence electrons. The zero-order chi connectivity index (χ0) is 18.0. The van der Waals surface area contributed by atoms with E-state index in [2.05, 4.69) is 13.0 Å². The van der Waals surface area contributed by atoms with Crippen molar-refractivity contribution in [2.24, 2.45) is 5.92 Å². The lowest BCUT2D eigenvalue weighted by Gasteiger charge is -2.30. The number of carbonyl (C=O) groups is 1. The van der Waals surface area contributed by atoms with Gasteiger partial charge in [0.05, 0.1) is 16.8 Å². The first kappa shape index (κ1) is 17.8. The number of carbonyl (C=O) groups excluding carboxylic acids is 1. The summed E-state index contributed by atoms with van der Waals surface area (Å²) in [5.41, 5.74) is 3.66. The van der Waals surface area contributed by atoms with E-state index in [0.29, 0.717) is 22.3 Å². The SMILES string of the molecule is Cc1ccc(C)c2nc(SCC(=O)N3CCC[C@@H](C)C3)c(C#N)cc12. The van der Waals surface area contributed by atoms with Gasteiger partial charge in [-0.25, -0.2) is 4.98 Å². The number of nitriles is 1. The average Bonchev–Trinajstić information content (AvgIpc) is 2.62. The molecule has 1 aliphatic heterocycles.